The van der Waals surface area contributed by atoms with Crippen LogP contribution in [-0.4, -0.2) is 79.4 Å². The molecule has 2 bridgehead atoms. The number of carboxylic acid groups (broad SMARTS) is 1. The normalized spacial score (nSPS) is 18.4. The Kier molecular flexibility index (Phi) is 8.43. The molecule has 0 spiro atoms. The number of nitrogens with zero attached hydrogens (tertiary/aromatic N) is 5. The van der Waals surface area contributed by atoms with Crippen LogP contribution in [-0.2, 0) is 20.9 Å². The number of hydrogen-bond acceptors (Lipinski definition) is 8. The number of benzene rings is 1. The summed E-state index contributed by atoms with van der Waals surface area (Å²) in [6.45, 7) is 10.1. The van der Waals surface area contributed by atoms with Crippen molar-refractivity contribution in [1.29, 1.82) is 0 Å². The fourth-order valence-corrected chi connectivity index (χ4v) is 4.51. The molecule has 42 heavy (non-hydrogen) atoms. The molecule has 1 fully saturated rings. The summed E-state index contributed by atoms with van der Waals surface area (Å²) < 4.78 is 11.8. The third kappa shape index (κ3) is 7.15. The number of hydroxylamine groups is 2. The number of fused-ring (bicyclic) bond motifs is 4. The average Bonchev–Trinajstić information content (AvgIpc) is 3.41. The largest absolute Gasteiger partial charge is 0.465 e. The fourth-order valence-electron chi connectivity index (χ4n) is 4.51. The summed E-state index contributed by atoms with van der Waals surface area (Å²) in [4.78, 5) is 61.8. The van der Waals surface area contributed by atoms with Crippen molar-refractivity contribution in [3.63, 3.8) is 0 Å². The van der Waals surface area contributed by atoms with Crippen molar-refractivity contribution in [3.8, 4) is 0 Å². The van der Waals surface area contributed by atoms with Crippen LogP contribution in [0.2, 0.25) is 0 Å². The molecule has 2 aliphatic heterocycles. The molecule has 0 saturated carbocycles. The number of rotatable bonds is 5. The molecule has 0 aliphatic carbocycles. The van der Waals surface area contributed by atoms with E-state index in [1.807, 2.05) is 30.3 Å². The molecule has 5 amide bonds. The molecule has 2 aromatic rings. The second-order valence-corrected chi connectivity index (χ2v) is 11.7. The van der Waals surface area contributed by atoms with Gasteiger partial charge in [-0.2, -0.15) is 10.2 Å². The summed E-state index contributed by atoms with van der Waals surface area (Å²) >= 11 is 0. The maximum atomic E-state index is 13.5. The topological polar surface area (TPSA) is 177 Å². The summed E-state index contributed by atoms with van der Waals surface area (Å²) in [5.74, 6) is -0.355. The summed E-state index contributed by atoms with van der Waals surface area (Å²) in [5, 5.41) is 19.7. The van der Waals surface area contributed by atoms with Crippen molar-refractivity contribution >= 4 is 30.3 Å². The number of hydrogen-bond donors (Lipinski definition) is 3. The zero-order chi connectivity index (χ0) is 30.8. The Morgan fingerprint density at radius 2 is 1.74 bits per heavy atom. The van der Waals surface area contributed by atoms with Crippen molar-refractivity contribution in [2.75, 3.05) is 13.1 Å². The van der Waals surface area contributed by atoms with Gasteiger partial charge in [-0.3, -0.25) is 10.2 Å². The molecule has 1 saturated heterocycles. The third-order valence-corrected chi connectivity index (χ3v) is 6.04. The molecule has 2 unspecified atom stereocenters. The molecule has 2 aliphatic rings. The highest BCUT2D eigenvalue weighted by Gasteiger charge is 2.51. The number of amides is 5. The quantitative estimate of drug-likeness (QED) is 0.348. The van der Waals surface area contributed by atoms with E-state index in [2.05, 4.69) is 20.7 Å². The van der Waals surface area contributed by atoms with Crippen molar-refractivity contribution < 1.29 is 38.6 Å². The van der Waals surface area contributed by atoms with Gasteiger partial charge in [0, 0.05) is 12.1 Å². The van der Waals surface area contributed by atoms with Gasteiger partial charge in [0.25, 0.3) is 0 Å². The van der Waals surface area contributed by atoms with Gasteiger partial charge in [0.15, 0.2) is 0 Å². The lowest BCUT2D eigenvalue weighted by Gasteiger charge is -2.31. The highest BCUT2D eigenvalue weighted by molar-refractivity contribution is 6.00. The number of urea groups is 1. The van der Waals surface area contributed by atoms with Crippen LogP contribution in [0.1, 0.15) is 70.4 Å². The Morgan fingerprint density at radius 1 is 1.07 bits per heavy atom. The highest BCUT2D eigenvalue weighted by atomic mass is 16.7. The maximum absolute atomic E-state index is 13.5. The number of aliphatic imine (C=N–C) groups is 1. The average molecular weight is 586 g/mol. The monoisotopic (exact) mass is 585 g/mol. The molecule has 15 heteroatoms. The molecule has 226 valence electrons. The van der Waals surface area contributed by atoms with Crippen LogP contribution in [0.4, 0.5) is 19.2 Å². The van der Waals surface area contributed by atoms with Gasteiger partial charge in [0.1, 0.15) is 23.9 Å². The maximum Gasteiger partial charge on any atom is 0.437 e. The zero-order valence-corrected chi connectivity index (χ0v) is 24.3. The van der Waals surface area contributed by atoms with Gasteiger partial charge in [0.05, 0.1) is 24.5 Å². The molecular weight excluding hydrogens is 550 g/mol. The Labute approximate surface area is 242 Å². The lowest BCUT2D eigenvalue weighted by molar-refractivity contribution is -0.141. The lowest BCUT2D eigenvalue weighted by atomic mass is 9.98. The van der Waals surface area contributed by atoms with Gasteiger partial charge in [0.2, 0.25) is 5.96 Å². The Hall–Kier alpha value is -4.66. The molecule has 2 atom stereocenters. The van der Waals surface area contributed by atoms with E-state index in [4.69, 9.17) is 14.3 Å². The van der Waals surface area contributed by atoms with Crippen molar-refractivity contribution in [1.82, 2.24) is 30.4 Å². The van der Waals surface area contributed by atoms with Crippen molar-refractivity contribution in [2.45, 2.75) is 71.4 Å². The van der Waals surface area contributed by atoms with Gasteiger partial charge in [-0.05, 0) is 47.1 Å². The summed E-state index contributed by atoms with van der Waals surface area (Å²) in [6, 6.07) is 7.30. The molecule has 0 radical (unpaired) electrons. The van der Waals surface area contributed by atoms with Crippen molar-refractivity contribution in [3.05, 3.63) is 53.3 Å². The van der Waals surface area contributed by atoms with E-state index in [0.29, 0.717) is 11.3 Å². The number of nitrogens with one attached hydrogen (secondary N) is 2. The van der Waals surface area contributed by atoms with Crippen LogP contribution in [0.15, 0.2) is 41.5 Å². The van der Waals surface area contributed by atoms with Gasteiger partial charge in [-0.25, -0.2) is 23.9 Å². The molecule has 1 aromatic heterocycles. The number of aromatic nitrogens is 2. The Balaban J connectivity index is 1.75. The SMILES string of the molecule is CC(C)(C)OC(=O)N=C(NC(=O)OC(C)(C)C)n1ncc2c1C(CNC(=O)O)N1CC2N(OCc2ccccc2)C1=O. The summed E-state index contributed by atoms with van der Waals surface area (Å²) in [5.41, 5.74) is -0.0760. The van der Waals surface area contributed by atoms with E-state index in [1.165, 1.54) is 20.8 Å². The molecular formula is C27H35N7O8. The number of ether oxygens (including phenoxy) is 2. The van der Waals surface area contributed by atoms with Gasteiger partial charge >= 0.3 is 24.3 Å². The number of alkyl carbamates (subject to hydrolysis) is 1. The molecule has 1 aromatic carbocycles. The van der Waals surface area contributed by atoms with Gasteiger partial charge < -0.3 is 24.8 Å². The minimum atomic E-state index is -1.30. The Bertz CT molecular complexity index is 1380. The molecule has 3 heterocycles. The van der Waals surface area contributed by atoms with E-state index in [0.717, 1.165) is 5.56 Å². The minimum absolute atomic E-state index is 0.115. The second-order valence-electron chi connectivity index (χ2n) is 11.7. The summed E-state index contributed by atoms with van der Waals surface area (Å²) in [6.07, 6.45) is -1.77. The lowest BCUT2D eigenvalue weighted by Crippen LogP contribution is -2.45. The minimum Gasteiger partial charge on any atom is -0.465 e. The van der Waals surface area contributed by atoms with Crippen LogP contribution >= 0.6 is 0 Å². The molecule has 15 nitrogen and oxygen atoms in total. The van der Waals surface area contributed by atoms with E-state index < -0.39 is 47.6 Å². The van der Waals surface area contributed by atoms with E-state index >= 15 is 0 Å². The van der Waals surface area contributed by atoms with Crippen LogP contribution in [0.3, 0.4) is 0 Å². The highest BCUT2D eigenvalue weighted by Crippen LogP contribution is 2.43. The van der Waals surface area contributed by atoms with Crippen LogP contribution in [0.25, 0.3) is 0 Å². The molecule has 4 rings (SSSR count). The second kappa shape index (κ2) is 11.7. The van der Waals surface area contributed by atoms with Crippen LogP contribution < -0.4 is 10.6 Å². The smallest absolute Gasteiger partial charge is 0.437 e. The van der Waals surface area contributed by atoms with E-state index in [-0.39, 0.29) is 25.7 Å². The number of carbonyl (C=O) groups is 4. The van der Waals surface area contributed by atoms with Crippen molar-refractivity contribution in [2.24, 2.45) is 4.99 Å². The van der Waals surface area contributed by atoms with Crippen LogP contribution in [0, 0.1) is 0 Å². The first-order valence-electron chi connectivity index (χ1n) is 13.3. The van der Waals surface area contributed by atoms with Gasteiger partial charge in [-0.1, -0.05) is 30.3 Å². The first kappa shape index (κ1) is 30.3. The predicted molar refractivity (Wildman–Crippen MR) is 147 cm³/mol. The van der Waals surface area contributed by atoms with Gasteiger partial charge in [-0.15, -0.1) is 4.99 Å². The first-order valence-corrected chi connectivity index (χ1v) is 13.3. The fraction of sp³-hybridized carbons (Fsp3) is 0.481. The first-order chi connectivity index (χ1) is 19.6. The zero-order valence-electron chi connectivity index (χ0n) is 24.3. The summed E-state index contributed by atoms with van der Waals surface area (Å²) in [7, 11) is 0. The molecule has 3 N–H and O–H groups in total. The Morgan fingerprint density at radius 3 is 2.36 bits per heavy atom. The van der Waals surface area contributed by atoms with E-state index in [9.17, 15) is 24.3 Å². The van der Waals surface area contributed by atoms with E-state index in [1.54, 1.807) is 41.5 Å². The number of carbonyl (C=O) groups excluding carboxylic acids is 3. The van der Waals surface area contributed by atoms with Crippen LogP contribution in [0.5, 0.6) is 0 Å². The predicted octanol–water partition coefficient (Wildman–Crippen LogP) is 3.78. The third-order valence-electron chi connectivity index (χ3n) is 6.04. The standard InChI is InChI=1S/C27H35N7O8/c1-26(2,3)41-23(37)30-21(31-24(38)42-27(4,5)6)33-20-17(12-29-33)19-14-32(18(20)13-28-22(35)36)25(39)34(19)40-15-16-10-8-7-9-11-16/h7-12,18-19,28H,13-15H2,1-6H3,(H,35,36)(H,30,31,37,38).